The number of guanidine groups is 1. The second-order valence-electron chi connectivity index (χ2n) is 7.96. The van der Waals surface area contributed by atoms with E-state index in [1.165, 1.54) is 11.8 Å². The number of primary amides is 1. The van der Waals surface area contributed by atoms with Crippen LogP contribution in [-0.4, -0.2) is 94.5 Å². The van der Waals surface area contributed by atoms with E-state index in [0.29, 0.717) is 5.75 Å². The number of hydrogen-bond acceptors (Lipinski definition) is 9. The van der Waals surface area contributed by atoms with Crippen LogP contribution >= 0.6 is 11.8 Å². The van der Waals surface area contributed by atoms with Gasteiger partial charge in [0.05, 0.1) is 12.5 Å². The van der Waals surface area contributed by atoms with Crippen molar-refractivity contribution in [1.82, 2.24) is 16.0 Å². The number of aliphatic imine (C=N–C) groups is 1. The summed E-state index contributed by atoms with van der Waals surface area (Å²) >= 11 is 1.37. The lowest BCUT2D eigenvalue weighted by Crippen LogP contribution is -2.57. The molecule has 37 heavy (non-hydrogen) atoms. The molecule has 13 N–H and O–H groups in total. The number of nitrogens with one attached hydrogen (secondary N) is 3. The summed E-state index contributed by atoms with van der Waals surface area (Å²) in [5.41, 5.74) is 21.3. The largest absolute Gasteiger partial charge is 0.481 e. The topological polar surface area (TPSA) is 295 Å². The Bertz CT molecular complexity index is 852. The Balaban J connectivity index is 5.59. The van der Waals surface area contributed by atoms with Crippen LogP contribution in [0, 0.1) is 0 Å². The van der Waals surface area contributed by atoms with E-state index < -0.39 is 66.2 Å². The standard InChI is InChI=1S/C20H36N8O8S/c1-37-8-6-12(18(34)28-13(19(35)36)9-14(22)29)27-17(33)11(3-2-7-25-20(23)24)26-16(32)10(21)4-5-15(30)31/h10-13H,2-9,21H2,1H3,(H2,22,29)(H,26,32)(H,27,33)(H,28,34)(H,30,31)(H,35,36)(H4,23,24,25). The Hall–Kier alpha value is -3.60. The number of carbonyl (C=O) groups excluding carboxylic acids is 4. The molecule has 0 aliphatic heterocycles. The van der Waals surface area contributed by atoms with Crippen molar-refractivity contribution >= 4 is 53.3 Å². The molecule has 0 spiro atoms. The number of carboxylic acids is 2. The number of carboxylic acid groups (broad SMARTS) is 2. The van der Waals surface area contributed by atoms with E-state index >= 15 is 0 Å². The molecule has 0 bridgehead atoms. The summed E-state index contributed by atoms with van der Waals surface area (Å²) in [5, 5.41) is 25.1. The number of nitrogens with zero attached hydrogens (tertiary/aromatic N) is 1. The van der Waals surface area contributed by atoms with E-state index in [1.807, 2.05) is 0 Å². The van der Waals surface area contributed by atoms with Crippen molar-refractivity contribution in [2.45, 2.75) is 62.7 Å². The fraction of sp³-hybridized carbons (Fsp3) is 0.650. The first-order valence-electron chi connectivity index (χ1n) is 11.2. The molecule has 0 fully saturated rings. The van der Waals surface area contributed by atoms with Crippen molar-refractivity contribution in [3.05, 3.63) is 0 Å². The first-order chi connectivity index (χ1) is 17.3. The first kappa shape index (κ1) is 33.4. The number of rotatable bonds is 19. The van der Waals surface area contributed by atoms with E-state index in [2.05, 4.69) is 20.9 Å². The molecule has 4 amide bonds. The average Bonchev–Trinajstić information content (AvgIpc) is 2.80. The zero-order valence-corrected chi connectivity index (χ0v) is 21.3. The summed E-state index contributed by atoms with van der Waals surface area (Å²) < 4.78 is 0. The molecule has 0 aromatic heterocycles. The molecule has 0 aliphatic rings. The molecule has 210 valence electrons. The summed E-state index contributed by atoms with van der Waals surface area (Å²) in [5.74, 6) is -5.74. The van der Waals surface area contributed by atoms with Crippen LogP contribution in [0.1, 0.15) is 38.5 Å². The zero-order chi connectivity index (χ0) is 28.5. The van der Waals surface area contributed by atoms with Crippen molar-refractivity contribution in [2.75, 3.05) is 18.6 Å². The quantitative estimate of drug-likeness (QED) is 0.0429. The third-order valence-corrected chi connectivity index (χ3v) is 5.49. The van der Waals surface area contributed by atoms with Gasteiger partial charge in [-0.15, -0.1) is 0 Å². The van der Waals surface area contributed by atoms with Gasteiger partial charge in [0.25, 0.3) is 0 Å². The minimum absolute atomic E-state index is 0.0380. The number of amides is 4. The average molecular weight is 549 g/mol. The van der Waals surface area contributed by atoms with Crippen molar-refractivity contribution < 1.29 is 39.0 Å². The maximum Gasteiger partial charge on any atom is 0.326 e. The van der Waals surface area contributed by atoms with Gasteiger partial charge in [-0.2, -0.15) is 11.8 Å². The Morgan fingerprint density at radius 3 is 1.86 bits per heavy atom. The second-order valence-corrected chi connectivity index (χ2v) is 8.95. The van der Waals surface area contributed by atoms with Gasteiger partial charge in [-0.1, -0.05) is 0 Å². The zero-order valence-electron chi connectivity index (χ0n) is 20.5. The summed E-state index contributed by atoms with van der Waals surface area (Å²) in [6.45, 7) is 0.136. The number of thioether (sulfide) groups is 1. The van der Waals surface area contributed by atoms with Gasteiger partial charge >= 0.3 is 11.9 Å². The molecular weight excluding hydrogens is 512 g/mol. The number of hydrogen-bond donors (Lipinski definition) is 9. The molecule has 0 heterocycles. The Kier molecular flexibility index (Phi) is 16.0. The summed E-state index contributed by atoms with van der Waals surface area (Å²) in [6.07, 6.45) is 0.978. The van der Waals surface area contributed by atoms with Crippen LogP contribution in [0.5, 0.6) is 0 Å². The van der Waals surface area contributed by atoms with Gasteiger partial charge in [0, 0.05) is 13.0 Å². The first-order valence-corrected chi connectivity index (χ1v) is 12.6. The highest BCUT2D eigenvalue weighted by atomic mass is 32.2. The van der Waals surface area contributed by atoms with E-state index in [4.69, 9.17) is 28.0 Å². The van der Waals surface area contributed by atoms with Crippen LogP contribution in [0.25, 0.3) is 0 Å². The van der Waals surface area contributed by atoms with Crippen LogP contribution < -0.4 is 38.9 Å². The van der Waals surface area contributed by atoms with Crippen LogP contribution in [0.15, 0.2) is 4.99 Å². The number of aliphatic carboxylic acids is 2. The van der Waals surface area contributed by atoms with Crippen molar-refractivity contribution in [1.29, 1.82) is 0 Å². The highest BCUT2D eigenvalue weighted by Crippen LogP contribution is 2.06. The van der Waals surface area contributed by atoms with E-state index in [1.54, 1.807) is 6.26 Å². The van der Waals surface area contributed by atoms with Crippen LogP contribution in [0.2, 0.25) is 0 Å². The lowest BCUT2D eigenvalue weighted by molar-refractivity contribution is -0.143. The molecule has 0 aromatic carbocycles. The third-order valence-electron chi connectivity index (χ3n) is 4.85. The maximum atomic E-state index is 13.0. The van der Waals surface area contributed by atoms with Crippen LogP contribution in [0.3, 0.4) is 0 Å². The molecule has 0 saturated heterocycles. The Labute approximate surface area is 217 Å². The normalized spacial score (nSPS) is 13.8. The predicted octanol–water partition coefficient (Wildman–Crippen LogP) is -3.60. The van der Waals surface area contributed by atoms with Crippen LogP contribution in [0.4, 0.5) is 0 Å². The van der Waals surface area contributed by atoms with Gasteiger partial charge in [-0.3, -0.25) is 29.0 Å². The fourth-order valence-corrected chi connectivity index (χ4v) is 3.38. The van der Waals surface area contributed by atoms with Gasteiger partial charge in [0.15, 0.2) is 5.96 Å². The van der Waals surface area contributed by atoms with Gasteiger partial charge in [-0.05, 0) is 37.7 Å². The Morgan fingerprint density at radius 1 is 0.838 bits per heavy atom. The molecule has 0 aliphatic carbocycles. The SMILES string of the molecule is CSCCC(NC(=O)C(CCCN=C(N)N)NC(=O)C(N)CCC(=O)O)C(=O)NC(CC(N)=O)C(=O)O. The molecule has 17 heteroatoms. The minimum Gasteiger partial charge on any atom is -0.481 e. The summed E-state index contributed by atoms with van der Waals surface area (Å²) in [7, 11) is 0. The predicted molar refractivity (Wildman–Crippen MR) is 135 cm³/mol. The van der Waals surface area contributed by atoms with E-state index in [0.717, 1.165) is 0 Å². The maximum absolute atomic E-state index is 13.0. The van der Waals surface area contributed by atoms with Gasteiger partial charge in [0.1, 0.15) is 18.1 Å². The van der Waals surface area contributed by atoms with Crippen molar-refractivity contribution in [3.63, 3.8) is 0 Å². The lowest BCUT2D eigenvalue weighted by atomic mass is 10.1. The highest BCUT2D eigenvalue weighted by molar-refractivity contribution is 7.98. The molecule has 0 aromatic rings. The van der Waals surface area contributed by atoms with E-state index in [9.17, 15) is 33.9 Å². The van der Waals surface area contributed by atoms with Crippen molar-refractivity contribution in [2.24, 2.45) is 27.9 Å². The van der Waals surface area contributed by atoms with Crippen LogP contribution in [-0.2, 0) is 28.8 Å². The molecule has 0 saturated carbocycles. The Morgan fingerprint density at radius 2 is 1.38 bits per heavy atom. The van der Waals surface area contributed by atoms with Gasteiger partial charge in [-0.25, -0.2) is 4.79 Å². The van der Waals surface area contributed by atoms with Gasteiger partial charge in [0.2, 0.25) is 23.6 Å². The lowest BCUT2D eigenvalue weighted by Gasteiger charge is -2.25. The van der Waals surface area contributed by atoms with Crippen molar-refractivity contribution in [3.8, 4) is 0 Å². The second kappa shape index (κ2) is 17.8. The molecular formula is C20H36N8O8S. The summed E-state index contributed by atoms with van der Waals surface area (Å²) in [6, 6.07) is -5.19. The fourth-order valence-electron chi connectivity index (χ4n) is 2.91. The van der Waals surface area contributed by atoms with E-state index in [-0.39, 0.29) is 44.6 Å². The number of carbonyl (C=O) groups is 6. The molecule has 4 atom stereocenters. The monoisotopic (exact) mass is 548 g/mol. The highest BCUT2D eigenvalue weighted by Gasteiger charge is 2.30. The molecule has 16 nitrogen and oxygen atoms in total. The van der Waals surface area contributed by atoms with Gasteiger partial charge < -0.3 is 49.1 Å². The minimum atomic E-state index is -1.60. The number of nitrogens with two attached hydrogens (primary N) is 4. The summed E-state index contributed by atoms with van der Waals surface area (Å²) in [4.78, 5) is 75.3. The molecule has 0 radical (unpaired) electrons. The third kappa shape index (κ3) is 15.2. The smallest absolute Gasteiger partial charge is 0.326 e. The molecule has 0 rings (SSSR count). The molecule has 4 unspecified atom stereocenters.